The van der Waals surface area contributed by atoms with Crippen LogP contribution in [0.4, 0.5) is 0 Å². The minimum atomic E-state index is -0.0400. The van der Waals surface area contributed by atoms with E-state index >= 15 is 0 Å². The van der Waals surface area contributed by atoms with Crippen LogP contribution in [0.2, 0.25) is 0 Å². The first-order valence-electron chi connectivity index (χ1n) is 6.63. The second-order valence-electron chi connectivity index (χ2n) is 4.78. The summed E-state index contributed by atoms with van der Waals surface area (Å²) in [6.07, 6.45) is 3.40. The number of amides is 1. The first-order valence-corrected chi connectivity index (χ1v) is 8.39. The third-order valence-corrected chi connectivity index (χ3v) is 5.14. The molecule has 0 aromatic carbocycles. The van der Waals surface area contributed by atoms with Gasteiger partial charge in [-0.3, -0.25) is 4.79 Å². The summed E-state index contributed by atoms with van der Waals surface area (Å²) in [5.41, 5.74) is 0. The Morgan fingerprint density at radius 2 is 2.45 bits per heavy atom. The van der Waals surface area contributed by atoms with Gasteiger partial charge in [0.1, 0.15) is 5.01 Å². The molecule has 0 radical (unpaired) electrons. The molecule has 1 aliphatic heterocycles. The van der Waals surface area contributed by atoms with Crippen LogP contribution in [-0.2, 0) is 16.0 Å². The maximum atomic E-state index is 12.3. The van der Waals surface area contributed by atoms with Gasteiger partial charge in [-0.2, -0.15) is 0 Å². The number of aromatic nitrogens is 1. The minimum Gasteiger partial charge on any atom is -0.381 e. The van der Waals surface area contributed by atoms with E-state index in [1.807, 2.05) is 11.4 Å². The molecule has 4 nitrogen and oxygen atoms in total. The summed E-state index contributed by atoms with van der Waals surface area (Å²) in [7, 11) is 0. The van der Waals surface area contributed by atoms with Crippen molar-refractivity contribution in [1.82, 2.24) is 10.3 Å². The monoisotopic (exact) mass is 308 g/mol. The van der Waals surface area contributed by atoms with E-state index in [9.17, 15) is 4.79 Å². The van der Waals surface area contributed by atoms with Crippen molar-refractivity contribution in [2.24, 2.45) is 5.92 Å². The molecule has 1 fully saturated rings. The molecular weight excluding hydrogens is 292 g/mol. The van der Waals surface area contributed by atoms with Crippen LogP contribution in [0, 0.1) is 5.92 Å². The molecule has 0 aliphatic carbocycles. The van der Waals surface area contributed by atoms with Crippen molar-refractivity contribution in [3.05, 3.63) is 39.0 Å². The zero-order valence-electron chi connectivity index (χ0n) is 11.0. The highest BCUT2D eigenvalue weighted by Crippen LogP contribution is 2.24. The van der Waals surface area contributed by atoms with Crippen LogP contribution in [0.1, 0.15) is 22.3 Å². The highest BCUT2D eigenvalue weighted by Gasteiger charge is 2.27. The molecule has 3 heterocycles. The van der Waals surface area contributed by atoms with E-state index in [1.54, 1.807) is 28.9 Å². The zero-order chi connectivity index (χ0) is 13.8. The van der Waals surface area contributed by atoms with Crippen LogP contribution < -0.4 is 5.32 Å². The largest absolute Gasteiger partial charge is 0.381 e. The lowest BCUT2D eigenvalue weighted by Crippen LogP contribution is -2.35. The number of thiazole rings is 1. The van der Waals surface area contributed by atoms with E-state index in [0.29, 0.717) is 13.2 Å². The summed E-state index contributed by atoms with van der Waals surface area (Å²) in [5.74, 6) is 0.0695. The summed E-state index contributed by atoms with van der Waals surface area (Å²) in [6.45, 7) is 1.22. The van der Waals surface area contributed by atoms with Crippen molar-refractivity contribution in [3.8, 4) is 0 Å². The lowest BCUT2D eigenvalue weighted by molar-refractivity contribution is -0.125. The molecular formula is C14H16N2O2S2. The number of carbonyl (C=O) groups is 1. The number of carbonyl (C=O) groups excluding carboxylic acids is 1. The van der Waals surface area contributed by atoms with E-state index < -0.39 is 0 Å². The number of hydrogen-bond acceptors (Lipinski definition) is 5. The highest BCUT2D eigenvalue weighted by atomic mass is 32.1. The quantitative estimate of drug-likeness (QED) is 0.924. The van der Waals surface area contributed by atoms with E-state index in [0.717, 1.165) is 17.8 Å². The highest BCUT2D eigenvalue weighted by molar-refractivity contribution is 7.10. The molecule has 1 N–H and O–H groups in total. The van der Waals surface area contributed by atoms with Gasteiger partial charge in [-0.15, -0.1) is 22.7 Å². The topological polar surface area (TPSA) is 51.2 Å². The van der Waals surface area contributed by atoms with Crippen molar-refractivity contribution < 1.29 is 9.53 Å². The third-order valence-electron chi connectivity index (χ3n) is 3.35. The van der Waals surface area contributed by atoms with Crippen molar-refractivity contribution in [2.45, 2.75) is 18.9 Å². The Bertz CT molecular complexity index is 534. The molecule has 3 rings (SSSR count). The Morgan fingerprint density at radius 3 is 3.10 bits per heavy atom. The molecule has 1 amide bonds. The van der Waals surface area contributed by atoms with Crippen LogP contribution in [0.15, 0.2) is 29.1 Å². The number of thiophene rings is 1. The normalized spacial score (nSPS) is 19.9. The second kappa shape index (κ2) is 6.47. The number of rotatable bonds is 5. The van der Waals surface area contributed by atoms with Gasteiger partial charge in [-0.25, -0.2) is 4.98 Å². The van der Waals surface area contributed by atoms with Gasteiger partial charge in [0.15, 0.2) is 0 Å². The Balaban J connectivity index is 1.70. The Hall–Kier alpha value is -1.24. The van der Waals surface area contributed by atoms with E-state index in [4.69, 9.17) is 4.74 Å². The molecule has 1 saturated heterocycles. The summed E-state index contributed by atoms with van der Waals surface area (Å²) in [4.78, 5) is 17.9. The van der Waals surface area contributed by atoms with Gasteiger partial charge < -0.3 is 10.1 Å². The molecule has 0 bridgehead atoms. The number of ether oxygens (including phenoxy) is 1. The summed E-state index contributed by atoms with van der Waals surface area (Å²) in [5, 5.41) is 8.10. The van der Waals surface area contributed by atoms with Crippen LogP contribution in [0.25, 0.3) is 0 Å². The molecule has 2 aromatic rings. The van der Waals surface area contributed by atoms with Crippen LogP contribution >= 0.6 is 22.7 Å². The molecule has 2 aromatic heterocycles. The van der Waals surface area contributed by atoms with Crippen molar-refractivity contribution in [2.75, 3.05) is 13.2 Å². The van der Waals surface area contributed by atoms with E-state index in [2.05, 4.69) is 21.7 Å². The fraction of sp³-hybridized carbons (Fsp3) is 0.429. The van der Waals surface area contributed by atoms with Crippen LogP contribution in [0.5, 0.6) is 0 Å². The number of nitrogens with zero attached hydrogens (tertiary/aromatic N) is 1. The van der Waals surface area contributed by atoms with Gasteiger partial charge >= 0.3 is 0 Å². The van der Waals surface area contributed by atoms with Gasteiger partial charge in [-0.05, 0) is 17.9 Å². The van der Waals surface area contributed by atoms with Gasteiger partial charge in [0, 0.05) is 29.5 Å². The third kappa shape index (κ3) is 3.26. The molecule has 0 unspecified atom stereocenters. The van der Waals surface area contributed by atoms with Gasteiger partial charge in [0.05, 0.1) is 18.6 Å². The predicted molar refractivity (Wildman–Crippen MR) is 79.9 cm³/mol. The lowest BCUT2D eigenvalue weighted by Gasteiger charge is -2.18. The van der Waals surface area contributed by atoms with Crippen molar-refractivity contribution in [3.63, 3.8) is 0 Å². The first-order chi connectivity index (χ1) is 9.83. The number of hydrogen-bond donors (Lipinski definition) is 1. The minimum absolute atomic E-state index is 0.0132. The Morgan fingerprint density at radius 1 is 1.50 bits per heavy atom. The van der Waals surface area contributed by atoms with Crippen molar-refractivity contribution in [1.29, 1.82) is 0 Å². The van der Waals surface area contributed by atoms with E-state index in [-0.39, 0.29) is 17.9 Å². The van der Waals surface area contributed by atoms with Gasteiger partial charge in [0.25, 0.3) is 0 Å². The van der Waals surface area contributed by atoms with Crippen LogP contribution in [0.3, 0.4) is 0 Å². The standard InChI is InChI=1S/C14H16N2O2S2/c17-13(10-3-5-18-9-10)16-12(14-15-4-7-20-14)8-11-2-1-6-19-11/h1-2,4,6-7,10,12H,3,5,8-9H2,(H,16,17)/t10-,12-/m0/s1. The maximum absolute atomic E-state index is 12.3. The summed E-state index contributed by atoms with van der Waals surface area (Å²) >= 11 is 3.29. The zero-order valence-corrected chi connectivity index (χ0v) is 12.6. The fourth-order valence-corrected chi connectivity index (χ4v) is 3.71. The Labute approximate surface area is 125 Å². The first kappa shape index (κ1) is 13.7. The van der Waals surface area contributed by atoms with Gasteiger partial charge in [-0.1, -0.05) is 6.07 Å². The van der Waals surface area contributed by atoms with Gasteiger partial charge in [0.2, 0.25) is 5.91 Å². The van der Waals surface area contributed by atoms with Crippen molar-refractivity contribution >= 4 is 28.6 Å². The average Bonchev–Trinajstić information content (AvgIpc) is 3.20. The molecule has 1 aliphatic rings. The molecule has 6 heteroatoms. The predicted octanol–water partition coefficient (Wildman–Crippen LogP) is 2.64. The maximum Gasteiger partial charge on any atom is 0.226 e. The SMILES string of the molecule is O=C(N[C@@H](Cc1cccs1)c1nccs1)[C@H]1CCOC1. The second-order valence-corrected chi connectivity index (χ2v) is 6.73. The molecule has 106 valence electrons. The Kier molecular flexibility index (Phi) is 4.44. The smallest absolute Gasteiger partial charge is 0.226 e. The fourth-order valence-electron chi connectivity index (χ4n) is 2.27. The number of nitrogens with one attached hydrogen (secondary N) is 1. The van der Waals surface area contributed by atoms with Crippen LogP contribution in [-0.4, -0.2) is 24.1 Å². The average molecular weight is 308 g/mol. The molecule has 2 atom stereocenters. The lowest BCUT2D eigenvalue weighted by atomic mass is 10.1. The summed E-state index contributed by atoms with van der Waals surface area (Å²) < 4.78 is 5.28. The molecule has 0 spiro atoms. The van der Waals surface area contributed by atoms with E-state index in [1.165, 1.54) is 4.88 Å². The molecule has 0 saturated carbocycles. The molecule has 20 heavy (non-hydrogen) atoms. The summed E-state index contributed by atoms with van der Waals surface area (Å²) in [6, 6.07) is 4.09.